The first-order valence-electron chi connectivity index (χ1n) is 8.70. The number of carbonyl (C=O) groups is 1. The zero-order chi connectivity index (χ0) is 18.4. The highest BCUT2D eigenvalue weighted by Crippen LogP contribution is 2.16. The third-order valence-electron chi connectivity index (χ3n) is 4.47. The summed E-state index contributed by atoms with van der Waals surface area (Å²) >= 11 is 1.20. The molecule has 0 bridgehead atoms. The molecule has 2 heterocycles. The summed E-state index contributed by atoms with van der Waals surface area (Å²) < 4.78 is 0. The van der Waals surface area contributed by atoms with Gasteiger partial charge in [0.2, 0.25) is 5.91 Å². The van der Waals surface area contributed by atoms with Crippen molar-refractivity contribution >= 4 is 23.4 Å². The van der Waals surface area contributed by atoms with E-state index in [1.165, 1.54) is 17.4 Å². The van der Waals surface area contributed by atoms with Gasteiger partial charge in [-0.1, -0.05) is 30.0 Å². The summed E-state index contributed by atoms with van der Waals surface area (Å²) in [7, 11) is 0. The molecule has 9 heteroatoms. The maximum absolute atomic E-state index is 12.0. The predicted octanol–water partition coefficient (Wildman–Crippen LogP) is 0.517. The number of anilines is 1. The van der Waals surface area contributed by atoms with Gasteiger partial charge in [0.25, 0.3) is 0 Å². The van der Waals surface area contributed by atoms with Gasteiger partial charge in [-0.05, 0) is 19.1 Å². The zero-order valence-electron chi connectivity index (χ0n) is 14.8. The lowest BCUT2D eigenvalue weighted by atomic mass is 10.2. The summed E-state index contributed by atoms with van der Waals surface area (Å²) in [5, 5.41) is 9.42. The Morgan fingerprint density at radius 3 is 2.65 bits per heavy atom. The molecule has 0 aliphatic carbocycles. The second kappa shape index (κ2) is 8.91. The second-order valence-electron chi connectivity index (χ2n) is 6.28. The Hall–Kier alpha value is -2.26. The van der Waals surface area contributed by atoms with E-state index in [1.807, 2.05) is 6.07 Å². The van der Waals surface area contributed by atoms with Crippen LogP contribution in [-0.2, 0) is 4.79 Å². The third kappa shape index (κ3) is 5.12. The van der Waals surface area contributed by atoms with E-state index in [-0.39, 0.29) is 23.4 Å². The van der Waals surface area contributed by atoms with E-state index in [0.29, 0.717) is 11.7 Å². The highest BCUT2D eigenvalue weighted by molar-refractivity contribution is 7.99. The van der Waals surface area contributed by atoms with Crippen molar-refractivity contribution < 1.29 is 4.79 Å². The Labute approximate surface area is 156 Å². The summed E-state index contributed by atoms with van der Waals surface area (Å²) in [5.74, 6) is 0.170. The smallest absolute Gasteiger partial charge is 0.341 e. The first kappa shape index (κ1) is 18.5. The van der Waals surface area contributed by atoms with Crippen LogP contribution in [0, 0.1) is 0 Å². The summed E-state index contributed by atoms with van der Waals surface area (Å²) in [6, 6.07) is 10.7. The average molecular weight is 376 g/mol. The van der Waals surface area contributed by atoms with Gasteiger partial charge in [-0.3, -0.25) is 14.7 Å². The minimum atomic E-state index is -0.365. The molecule has 1 amide bonds. The SMILES string of the molecule is C[C@H](CNC(=O)CSc1n[nH]c(=O)[nH]1)N1CCN(c2ccccc2)CC1. The first-order chi connectivity index (χ1) is 12.6. The molecule has 1 saturated heterocycles. The van der Waals surface area contributed by atoms with Gasteiger partial charge in [0, 0.05) is 44.5 Å². The molecule has 3 N–H and O–H groups in total. The number of aromatic nitrogens is 3. The molecule has 0 radical (unpaired) electrons. The van der Waals surface area contributed by atoms with Crippen molar-refractivity contribution in [1.82, 2.24) is 25.4 Å². The average Bonchev–Trinajstić information content (AvgIpc) is 3.10. The lowest BCUT2D eigenvalue weighted by Gasteiger charge is -2.39. The van der Waals surface area contributed by atoms with Gasteiger partial charge in [0.1, 0.15) is 0 Å². The molecule has 0 saturated carbocycles. The van der Waals surface area contributed by atoms with Crippen LogP contribution in [0.25, 0.3) is 0 Å². The first-order valence-corrected chi connectivity index (χ1v) is 9.68. The number of amides is 1. The van der Waals surface area contributed by atoms with Crippen molar-refractivity contribution in [3.05, 3.63) is 40.8 Å². The number of H-pyrrole nitrogens is 2. The number of para-hydroxylation sites is 1. The summed E-state index contributed by atoms with van der Waals surface area (Å²) in [6.07, 6.45) is 0. The van der Waals surface area contributed by atoms with Crippen LogP contribution in [0.4, 0.5) is 5.69 Å². The van der Waals surface area contributed by atoms with Crippen molar-refractivity contribution in [1.29, 1.82) is 0 Å². The van der Waals surface area contributed by atoms with Crippen LogP contribution >= 0.6 is 11.8 Å². The lowest BCUT2D eigenvalue weighted by Crippen LogP contribution is -2.52. The van der Waals surface area contributed by atoms with Crippen LogP contribution in [0.3, 0.4) is 0 Å². The van der Waals surface area contributed by atoms with Crippen molar-refractivity contribution in [2.45, 2.75) is 18.1 Å². The summed E-state index contributed by atoms with van der Waals surface area (Å²) in [4.78, 5) is 30.2. The van der Waals surface area contributed by atoms with Crippen LogP contribution in [-0.4, -0.2) is 70.5 Å². The van der Waals surface area contributed by atoms with Gasteiger partial charge in [-0.15, -0.1) is 5.10 Å². The molecule has 26 heavy (non-hydrogen) atoms. The quantitative estimate of drug-likeness (QED) is 0.610. The molecule has 1 atom stereocenters. The fourth-order valence-electron chi connectivity index (χ4n) is 2.96. The summed E-state index contributed by atoms with van der Waals surface area (Å²) in [5.41, 5.74) is 0.901. The standard InChI is InChI=1S/C17H24N6O2S/c1-13(11-18-15(24)12-26-17-19-16(25)20-21-17)22-7-9-23(10-8-22)14-5-3-2-4-6-14/h2-6,13H,7-12H2,1H3,(H,18,24)(H2,19,20,21,25)/t13-/m1/s1. The molecule has 1 aromatic heterocycles. The Kier molecular flexibility index (Phi) is 6.35. The molecule has 1 aliphatic rings. The Bertz CT molecular complexity index is 754. The number of aromatic amines is 2. The maximum Gasteiger partial charge on any atom is 0.341 e. The van der Waals surface area contributed by atoms with Crippen molar-refractivity contribution in [3.63, 3.8) is 0 Å². The molecule has 1 aliphatic heterocycles. The summed E-state index contributed by atoms with van der Waals surface area (Å²) in [6.45, 7) is 6.69. The van der Waals surface area contributed by atoms with Crippen LogP contribution in [0.2, 0.25) is 0 Å². The number of nitrogens with one attached hydrogen (secondary N) is 3. The highest BCUT2D eigenvalue weighted by Gasteiger charge is 2.21. The lowest BCUT2D eigenvalue weighted by molar-refractivity contribution is -0.118. The fraction of sp³-hybridized carbons (Fsp3) is 0.471. The van der Waals surface area contributed by atoms with E-state index in [2.05, 4.69) is 61.5 Å². The van der Waals surface area contributed by atoms with Gasteiger partial charge in [0.15, 0.2) is 5.16 Å². The van der Waals surface area contributed by atoms with Gasteiger partial charge in [-0.2, -0.15) is 0 Å². The Balaban J connectivity index is 1.36. The number of carbonyl (C=O) groups excluding carboxylic acids is 1. The van der Waals surface area contributed by atoms with Gasteiger partial charge in [0.05, 0.1) is 5.75 Å². The zero-order valence-corrected chi connectivity index (χ0v) is 15.6. The number of thioether (sulfide) groups is 1. The Morgan fingerprint density at radius 1 is 1.27 bits per heavy atom. The molecule has 2 aromatic rings. The molecule has 0 unspecified atom stereocenters. The molecule has 140 valence electrons. The topological polar surface area (TPSA) is 97.1 Å². The second-order valence-corrected chi connectivity index (χ2v) is 7.25. The highest BCUT2D eigenvalue weighted by atomic mass is 32.2. The number of nitrogens with zero attached hydrogens (tertiary/aromatic N) is 3. The van der Waals surface area contributed by atoms with E-state index < -0.39 is 0 Å². The van der Waals surface area contributed by atoms with E-state index >= 15 is 0 Å². The van der Waals surface area contributed by atoms with Crippen LogP contribution < -0.4 is 15.9 Å². The van der Waals surface area contributed by atoms with Crippen molar-refractivity contribution in [3.8, 4) is 0 Å². The molecular weight excluding hydrogens is 352 g/mol. The molecule has 1 aromatic carbocycles. The number of benzene rings is 1. The van der Waals surface area contributed by atoms with Crippen LogP contribution in [0.15, 0.2) is 40.3 Å². The molecule has 8 nitrogen and oxygen atoms in total. The maximum atomic E-state index is 12.0. The van der Waals surface area contributed by atoms with Gasteiger partial charge < -0.3 is 10.2 Å². The van der Waals surface area contributed by atoms with E-state index in [0.717, 1.165) is 26.2 Å². The largest absolute Gasteiger partial charge is 0.369 e. The number of rotatable bonds is 7. The van der Waals surface area contributed by atoms with Crippen molar-refractivity contribution in [2.75, 3.05) is 43.4 Å². The molecular formula is C17H24N6O2S. The van der Waals surface area contributed by atoms with Gasteiger partial charge in [-0.25, -0.2) is 9.89 Å². The number of hydrogen-bond donors (Lipinski definition) is 3. The van der Waals surface area contributed by atoms with E-state index in [9.17, 15) is 9.59 Å². The van der Waals surface area contributed by atoms with E-state index in [4.69, 9.17) is 0 Å². The normalized spacial score (nSPS) is 16.4. The van der Waals surface area contributed by atoms with Crippen LogP contribution in [0.5, 0.6) is 0 Å². The number of piperazine rings is 1. The molecule has 3 rings (SSSR count). The van der Waals surface area contributed by atoms with Crippen LogP contribution in [0.1, 0.15) is 6.92 Å². The monoisotopic (exact) mass is 376 g/mol. The predicted molar refractivity (Wildman–Crippen MR) is 103 cm³/mol. The molecule has 1 fully saturated rings. The van der Waals surface area contributed by atoms with Gasteiger partial charge >= 0.3 is 5.69 Å². The minimum Gasteiger partial charge on any atom is -0.369 e. The van der Waals surface area contributed by atoms with Crippen molar-refractivity contribution in [2.24, 2.45) is 0 Å². The Morgan fingerprint density at radius 2 is 2.00 bits per heavy atom. The fourth-order valence-corrected chi connectivity index (χ4v) is 3.60. The minimum absolute atomic E-state index is 0.0615. The number of hydrogen-bond acceptors (Lipinski definition) is 6. The van der Waals surface area contributed by atoms with E-state index in [1.54, 1.807) is 0 Å². The molecule has 0 spiro atoms. The third-order valence-corrected chi connectivity index (χ3v) is 5.35.